The van der Waals surface area contributed by atoms with Gasteiger partial charge in [0.05, 0.1) is 16.3 Å². The van der Waals surface area contributed by atoms with Crippen LogP contribution in [0.5, 0.6) is 0 Å². The summed E-state index contributed by atoms with van der Waals surface area (Å²) in [6, 6.07) is 2.85. The normalized spacial score (nSPS) is 21.4. The zero-order valence-corrected chi connectivity index (χ0v) is 15.7. The van der Waals surface area contributed by atoms with E-state index in [0.717, 1.165) is 25.0 Å². The smallest absolute Gasteiger partial charge is 0.240 e. The van der Waals surface area contributed by atoms with Crippen LogP contribution in [0.15, 0.2) is 23.1 Å². The van der Waals surface area contributed by atoms with Gasteiger partial charge in [-0.2, -0.15) is 0 Å². The first-order valence-corrected chi connectivity index (χ1v) is 11.3. The zero-order valence-electron chi connectivity index (χ0n) is 14.0. The van der Waals surface area contributed by atoms with Crippen LogP contribution in [0, 0.1) is 11.7 Å². The molecule has 4 N–H and O–H groups in total. The standard InChI is InChI=1S/C15H24FN3O4S2/c1-2-8-24(20,21)18-15-7-6-12(9-13(15)16)25(22,23)19-14-5-3-4-11(14)10-17/h6-7,9,11,14,18-19H,2-5,8,10,17H2,1H3. The van der Waals surface area contributed by atoms with Gasteiger partial charge in [0.2, 0.25) is 20.0 Å². The second-order valence-corrected chi connectivity index (χ2v) is 9.77. The minimum Gasteiger partial charge on any atom is -0.330 e. The summed E-state index contributed by atoms with van der Waals surface area (Å²) in [5.41, 5.74) is 5.38. The monoisotopic (exact) mass is 393 g/mol. The molecule has 2 rings (SSSR count). The minimum atomic E-state index is -3.90. The fourth-order valence-electron chi connectivity index (χ4n) is 2.97. The van der Waals surface area contributed by atoms with E-state index >= 15 is 0 Å². The summed E-state index contributed by atoms with van der Waals surface area (Å²) in [6.07, 6.45) is 2.83. The van der Waals surface area contributed by atoms with Gasteiger partial charge in [-0.1, -0.05) is 13.3 Å². The first-order valence-electron chi connectivity index (χ1n) is 8.21. The van der Waals surface area contributed by atoms with Crippen molar-refractivity contribution in [1.82, 2.24) is 4.72 Å². The lowest BCUT2D eigenvalue weighted by Gasteiger charge is -2.19. The summed E-state index contributed by atoms with van der Waals surface area (Å²) in [6.45, 7) is 2.08. The van der Waals surface area contributed by atoms with E-state index in [4.69, 9.17) is 5.73 Å². The predicted molar refractivity (Wildman–Crippen MR) is 94.6 cm³/mol. The molecule has 25 heavy (non-hydrogen) atoms. The highest BCUT2D eigenvalue weighted by Crippen LogP contribution is 2.27. The number of nitrogens with two attached hydrogens (primary N) is 1. The largest absolute Gasteiger partial charge is 0.330 e. The van der Waals surface area contributed by atoms with Crippen LogP contribution < -0.4 is 15.2 Å². The average Bonchev–Trinajstić information content (AvgIpc) is 2.95. The van der Waals surface area contributed by atoms with Gasteiger partial charge in [-0.3, -0.25) is 4.72 Å². The van der Waals surface area contributed by atoms with Gasteiger partial charge in [0.25, 0.3) is 0 Å². The van der Waals surface area contributed by atoms with Crippen LogP contribution in [0.25, 0.3) is 0 Å². The molecular weight excluding hydrogens is 369 g/mol. The summed E-state index contributed by atoms with van der Waals surface area (Å²) in [4.78, 5) is -0.244. The van der Waals surface area contributed by atoms with Crippen molar-refractivity contribution in [1.29, 1.82) is 0 Å². The van der Waals surface area contributed by atoms with E-state index < -0.39 is 25.9 Å². The van der Waals surface area contributed by atoms with Crippen molar-refractivity contribution in [3.8, 4) is 0 Å². The van der Waals surface area contributed by atoms with E-state index in [1.54, 1.807) is 6.92 Å². The van der Waals surface area contributed by atoms with E-state index in [9.17, 15) is 21.2 Å². The Labute approximate surface area is 148 Å². The zero-order chi connectivity index (χ0) is 18.7. The third-order valence-electron chi connectivity index (χ3n) is 4.26. The number of anilines is 1. The molecule has 2 unspecified atom stereocenters. The molecule has 0 bridgehead atoms. The van der Waals surface area contributed by atoms with Gasteiger partial charge in [-0.25, -0.2) is 25.9 Å². The van der Waals surface area contributed by atoms with Crippen molar-refractivity contribution in [3.63, 3.8) is 0 Å². The van der Waals surface area contributed by atoms with E-state index in [-0.39, 0.29) is 28.3 Å². The Kier molecular flexibility index (Phi) is 6.41. The van der Waals surface area contributed by atoms with Crippen LogP contribution in [0.1, 0.15) is 32.6 Å². The maximum absolute atomic E-state index is 14.2. The van der Waals surface area contributed by atoms with Gasteiger partial charge < -0.3 is 5.73 Å². The third-order valence-corrected chi connectivity index (χ3v) is 7.22. The Morgan fingerprint density at radius 2 is 1.96 bits per heavy atom. The van der Waals surface area contributed by atoms with Gasteiger partial charge in [0, 0.05) is 6.04 Å². The minimum absolute atomic E-state index is 0.0692. The lowest BCUT2D eigenvalue weighted by molar-refractivity contribution is 0.452. The predicted octanol–water partition coefficient (Wildman–Crippen LogP) is 1.38. The van der Waals surface area contributed by atoms with Crippen LogP contribution in [-0.4, -0.2) is 35.2 Å². The Bertz CT molecular complexity index is 812. The van der Waals surface area contributed by atoms with E-state index in [1.165, 1.54) is 6.07 Å². The van der Waals surface area contributed by atoms with Crippen molar-refractivity contribution in [2.75, 3.05) is 17.0 Å². The van der Waals surface area contributed by atoms with Crippen LogP contribution in [0.2, 0.25) is 0 Å². The van der Waals surface area contributed by atoms with Crippen LogP contribution in [-0.2, 0) is 20.0 Å². The number of rotatable bonds is 8. The molecule has 1 saturated carbocycles. The van der Waals surface area contributed by atoms with Crippen molar-refractivity contribution in [2.45, 2.75) is 43.5 Å². The Balaban J connectivity index is 2.18. The van der Waals surface area contributed by atoms with Gasteiger partial charge in [0.1, 0.15) is 5.82 Å². The fourth-order valence-corrected chi connectivity index (χ4v) is 5.47. The molecule has 0 aliphatic heterocycles. The number of hydrogen-bond donors (Lipinski definition) is 3. The van der Waals surface area contributed by atoms with Crippen LogP contribution in [0.3, 0.4) is 0 Å². The molecule has 0 amide bonds. The van der Waals surface area contributed by atoms with Crippen molar-refractivity contribution >= 4 is 25.7 Å². The number of sulfonamides is 2. The maximum Gasteiger partial charge on any atom is 0.240 e. The molecule has 1 fully saturated rings. The second-order valence-electron chi connectivity index (χ2n) is 6.22. The Morgan fingerprint density at radius 1 is 1.24 bits per heavy atom. The van der Waals surface area contributed by atoms with Gasteiger partial charge in [-0.15, -0.1) is 0 Å². The number of nitrogens with one attached hydrogen (secondary N) is 2. The third kappa shape index (κ3) is 5.13. The van der Waals surface area contributed by atoms with Gasteiger partial charge in [0.15, 0.2) is 0 Å². The van der Waals surface area contributed by atoms with Crippen molar-refractivity contribution in [2.24, 2.45) is 11.7 Å². The molecule has 2 atom stereocenters. The second kappa shape index (κ2) is 7.98. The van der Waals surface area contributed by atoms with Crippen molar-refractivity contribution in [3.05, 3.63) is 24.0 Å². The highest BCUT2D eigenvalue weighted by atomic mass is 32.2. The molecule has 1 aromatic carbocycles. The summed E-state index contributed by atoms with van der Waals surface area (Å²) in [7, 11) is -7.56. The Hall–Kier alpha value is -1.23. The van der Waals surface area contributed by atoms with Crippen molar-refractivity contribution < 1.29 is 21.2 Å². The Morgan fingerprint density at radius 3 is 2.56 bits per heavy atom. The van der Waals surface area contributed by atoms with Gasteiger partial charge >= 0.3 is 0 Å². The summed E-state index contributed by atoms with van der Waals surface area (Å²) >= 11 is 0. The van der Waals surface area contributed by atoms with E-state index in [2.05, 4.69) is 9.44 Å². The van der Waals surface area contributed by atoms with Gasteiger partial charge in [-0.05, 0) is 49.9 Å². The summed E-state index contributed by atoms with van der Waals surface area (Å²) < 4.78 is 67.2. The van der Waals surface area contributed by atoms with E-state index in [0.29, 0.717) is 19.4 Å². The highest BCUT2D eigenvalue weighted by Gasteiger charge is 2.30. The molecule has 0 aromatic heterocycles. The molecule has 142 valence electrons. The molecule has 7 nitrogen and oxygen atoms in total. The number of benzene rings is 1. The molecule has 0 saturated heterocycles. The first kappa shape index (κ1) is 20.1. The lowest BCUT2D eigenvalue weighted by atomic mass is 10.1. The highest BCUT2D eigenvalue weighted by molar-refractivity contribution is 7.92. The number of hydrogen-bond acceptors (Lipinski definition) is 5. The molecule has 1 aromatic rings. The SMILES string of the molecule is CCCS(=O)(=O)Nc1ccc(S(=O)(=O)NC2CCCC2CN)cc1F. The molecule has 0 radical (unpaired) electrons. The molecule has 0 spiro atoms. The molecule has 10 heteroatoms. The average molecular weight is 394 g/mol. The fraction of sp³-hybridized carbons (Fsp3) is 0.600. The maximum atomic E-state index is 14.2. The van der Waals surface area contributed by atoms with Crippen LogP contribution >= 0.6 is 0 Å². The molecular formula is C15H24FN3O4S2. The quantitative estimate of drug-likeness (QED) is 0.617. The first-order chi connectivity index (χ1) is 11.7. The molecule has 0 heterocycles. The topological polar surface area (TPSA) is 118 Å². The molecule has 1 aliphatic carbocycles. The molecule has 1 aliphatic rings. The van der Waals surface area contributed by atoms with Crippen LogP contribution in [0.4, 0.5) is 10.1 Å². The lowest BCUT2D eigenvalue weighted by Crippen LogP contribution is -2.39. The number of halogens is 1. The summed E-state index contributed by atoms with van der Waals surface area (Å²) in [5, 5.41) is 0. The van der Waals surface area contributed by atoms with E-state index in [1.807, 2.05) is 0 Å². The summed E-state index contributed by atoms with van der Waals surface area (Å²) in [5.74, 6) is -1.01.